The van der Waals surface area contributed by atoms with Gasteiger partial charge in [0.15, 0.2) is 0 Å². The van der Waals surface area contributed by atoms with Gasteiger partial charge in [-0.3, -0.25) is 0 Å². The van der Waals surface area contributed by atoms with Gasteiger partial charge in [-0.1, -0.05) is 58.4 Å². The first kappa shape index (κ1) is 12.8. The lowest BCUT2D eigenvalue weighted by atomic mass is 9.75. The summed E-state index contributed by atoms with van der Waals surface area (Å²) in [5.74, 6) is 0.551. The van der Waals surface area contributed by atoms with Gasteiger partial charge >= 0.3 is 0 Å². The number of nitrogens with zero attached hydrogens (tertiary/aromatic N) is 2. The van der Waals surface area contributed by atoms with Crippen molar-refractivity contribution in [3.8, 4) is 5.69 Å². The molecule has 2 unspecified atom stereocenters. The number of aromatic nitrogens is 2. The summed E-state index contributed by atoms with van der Waals surface area (Å²) in [5, 5.41) is 4.49. The van der Waals surface area contributed by atoms with Crippen LogP contribution in [0.15, 0.2) is 67.0 Å². The molecule has 1 aliphatic rings. The molecule has 2 aromatic carbocycles. The third-order valence-corrected chi connectivity index (χ3v) is 5.36. The van der Waals surface area contributed by atoms with E-state index < -0.39 is 0 Å². The zero-order valence-electron chi connectivity index (χ0n) is 11.5. The van der Waals surface area contributed by atoms with E-state index in [0.717, 1.165) is 12.1 Å². The Morgan fingerprint density at radius 1 is 1.05 bits per heavy atom. The van der Waals surface area contributed by atoms with Gasteiger partial charge in [-0.2, -0.15) is 5.10 Å². The van der Waals surface area contributed by atoms with Gasteiger partial charge in [0.2, 0.25) is 0 Å². The molecule has 0 bridgehead atoms. The molecule has 1 heterocycles. The average molecular weight is 339 g/mol. The van der Waals surface area contributed by atoms with E-state index in [-0.39, 0.29) is 0 Å². The summed E-state index contributed by atoms with van der Waals surface area (Å²) < 4.78 is 1.94. The SMILES string of the molecule is BrC(c1cnn(-c2ccccc2)c1)C1Cc2ccccc21. The third kappa shape index (κ3) is 2.22. The van der Waals surface area contributed by atoms with Gasteiger partial charge < -0.3 is 0 Å². The first-order valence-corrected chi connectivity index (χ1v) is 8.06. The van der Waals surface area contributed by atoms with Crippen molar-refractivity contribution >= 4 is 15.9 Å². The van der Waals surface area contributed by atoms with Crippen LogP contribution in [0.1, 0.15) is 27.4 Å². The zero-order valence-corrected chi connectivity index (χ0v) is 13.1. The highest BCUT2D eigenvalue weighted by Gasteiger charge is 2.32. The van der Waals surface area contributed by atoms with E-state index in [1.54, 1.807) is 0 Å². The molecule has 4 rings (SSSR count). The van der Waals surface area contributed by atoms with Crippen molar-refractivity contribution in [1.82, 2.24) is 9.78 Å². The van der Waals surface area contributed by atoms with E-state index >= 15 is 0 Å². The van der Waals surface area contributed by atoms with Gasteiger partial charge in [-0.15, -0.1) is 0 Å². The average Bonchev–Trinajstić information content (AvgIpc) is 2.99. The van der Waals surface area contributed by atoms with E-state index in [9.17, 15) is 0 Å². The van der Waals surface area contributed by atoms with Crippen LogP contribution >= 0.6 is 15.9 Å². The topological polar surface area (TPSA) is 17.8 Å². The summed E-state index contributed by atoms with van der Waals surface area (Å²) in [6.45, 7) is 0. The van der Waals surface area contributed by atoms with Crippen molar-refractivity contribution < 1.29 is 0 Å². The summed E-state index contributed by atoms with van der Waals surface area (Å²) in [6.07, 6.45) is 5.23. The van der Waals surface area contributed by atoms with Crippen LogP contribution in [-0.2, 0) is 6.42 Å². The maximum Gasteiger partial charge on any atom is 0.0645 e. The molecular weight excluding hydrogens is 324 g/mol. The lowest BCUT2D eigenvalue weighted by molar-refractivity contribution is 0.600. The minimum Gasteiger partial charge on any atom is -0.241 e. The molecule has 21 heavy (non-hydrogen) atoms. The van der Waals surface area contributed by atoms with Crippen LogP contribution in [0.3, 0.4) is 0 Å². The van der Waals surface area contributed by atoms with Crippen molar-refractivity contribution in [1.29, 1.82) is 0 Å². The minimum atomic E-state index is 0.324. The molecule has 0 spiro atoms. The Morgan fingerprint density at radius 3 is 2.62 bits per heavy atom. The van der Waals surface area contributed by atoms with Gasteiger partial charge in [0.05, 0.1) is 11.9 Å². The Bertz CT molecular complexity index is 764. The largest absolute Gasteiger partial charge is 0.241 e. The van der Waals surface area contributed by atoms with Crippen LogP contribution in [0.4, 0.5) is 0 Å². The number of hydrogen-bond donors (Lipinski definition) is 0. The van der Waals surface area contributed by atoms with E-state index in [1.165, 1.54) is 16.7 Å². The predicted molar refractivity (Wildman–Crippen MR) is 88.1 cm³/mol. The van der Waals surface area contributed by atoms with Gasteiger partial charge in [0.25, 0.3) is 0 Å². The highest BCUT2D eigenvalue weighted by atomic mass is 79.9. The molecule has 2 atom stereocenters. The summed E-state index contributed by atoms with van der Waals surface area (Å²) in [7, 11) is 0. The van der Waals surface area contributed by atoms with E-state index in [2.05, 4.69) is 63.6 Å². The molecule has 0 amide bonds. The second-order valence-corrected chi connectivity index (χ2v) is 6.45. The maximum atomic E-state index is 4.49. The Balaban J connectivity index is 1.60. The highest BCUT2D eigenvalue weighted by molar-refractivity contribution is 9.09. The quantitative estimate of drug-likeness (QED) is 0.635. The molecule has 104 valence electrons. The molecule has 0 aliphatic heterocycles. The van der Waals surface area contributed by atoms with Gasteiger partial charge in [0.1, 0.15) is 0 Å². The van der Waals surface area contributed by atoms with Crippen LogP contribution in [-0.4, -0.2) is 9.78 Å². The molecule has 3 heteroatoms. The van der Waals surface area contributed by atoms with E-state index in [4.69, 9.17) is 0 Å². The molecule has 2 nitrogen and oxygen atoms in total. The summed E-state index contributed by atoms with van der Waals surface area (Å²) >= 11 is 3.87. The summed E-state index contributed by atoms with van der Waals surface area (Å²) in [5.41, 5.74) is 5.27. The van der Waals surface area contributed by atoms with Crippen molar-refractivity contribution in [2.75, 3.05) is 0 Å². The van der Waals surface area contributed by atoms with Crippen molar-refractivity contribution in [2.45, 2.75) is 17.2 Å². The fourth-order valence-corrected chi connectivity index (χ4v) is 3.70. The number of hydrogen-bond acceptors (Lipinski definition) is 1. The Hall–Kier alpha value is -1.87. The second-order valence-electron chi connectivity index (χ2n) is 5.46. The molecule has 0 N–H and O–H groups in total. The van der Waals surface area contributed by atoms with Gasteiger partial charge in [0, 0.05) is 22.5 Å². The molecule has 0 saturated carbocycles. The van der Waals surface area contributed by atoms with Gasteiger partial charge in [-0.05, 0) is 29.7 Å². The van der Waals surface area contributed by atoms with Crippen molar-refractivity contribution in [3.63, 3.8) is 0 Å². The van der Waals surface area contributed by atoms with Crippen LogP contribution in [0.5, 0.6) is 0 Å². The predicted octanol–water partition coefficient (Wildman–Crippen LogP) is 4.65. The fourth-order valence-electron chi connectivity index (χ4n) is 2.99. The molecule has 0 radical (unpaired) electrons. The molecule has 3 aromatic rings. The van der Waals surface area contributed by atoms with Crippen molar-refractivity contribution in [3.05, 3.63) is 83.7 Å². The first-order valence-electron chi connectivity index (χ1n) is 7.15. The molecule has 0 fully saturated rings. The lowest BCUT2D eigenvalue weighted by Crippen LogP contribution is -2.20. The van der Waals surface area contributed by atoms with Crippen LogP contribution < -0.4 is 0 Å². The van der Waals surface area contributed by atoms with Gasteiger partial charge in [-0.25, -0.2) is 4.68 Å². The third-order valence-electron chi connectivity index (χ3n) is 4.19. The summed E-state index contributed by atoms with van der Waals surface area (Å²) in [4.78, 5) is 0.324. The smallest absolute Gasteiger partial charge is 0.0645 e. The fraction of sp³-hybridized carbons (Fsp3) is 0.167. The number of fused-ring (bicyclic) bond motifs is 1. The van der Waals surface area contributed by atoms with E-state index in [1.807, 2.05) is 29.1 Å². The second kappa shape index (κ2) is 5.15. The maximum absolute atomic E-state index is 4.49. The van der Waals surface area contributed by atoms with Crippen molar-refractivity contribution in [2.24, 2.45) is 0 Å². The molecule has 1 aliphatic carbocycles. The molecular formula is C18H15BrN2. The number of halogens is 1. The highest BCUT2D eigenvalue weighted by Crippen LogP contribution is 2.47. The van der Waals surface area contributed by atoms with Crippen LogP contribution in [0, 0.1) is 0 Å². The minimum absolute atomic E-state index is 0.324. The normalized spacial score (nSPS) is 17.9. The molecule has 0 saturated heterocycles. The number of para-hydroxylation sites is 1. The van der Waals surface area contributed by atoms with Crippen LogP contribution in [0.25, 0.3) is 5.69 Å². The van der Waals surface area contributed by atoms with E-state index in [0.29, 0.717) is 10.7 Å². The first-order chi connectivity index (χ1) is 10.3. The number of rotatable bonds is 3. The standard InChI is InChI=1S/C18H15BrN2/c19-18(17-10-13-6-4-5-9-16(13)17)14-11-20-21(12-14)15-7-2-1-3-8-15/h1-9,11-12,17-18H,10H2. The Labute approximate surface area is 132 Å². The Kier molecular flexibility index (Phi) is 3.15. The lowest BCUT2D eigenvalue weighted by Gasteiger charge is -2.33. The zero-order chi connectivity index (χ0) is 14.2. The monoisotopic (exact) mass is 338 g/mol. The molecule has 1 aromatic heterocycles. The Morgan fingerprint density at radius 2 is 1.81 bits per heavy atom. The van der Waals surface area contributed by atoms with Crippen LogP contribution in [0.2, 0.25) is 0 Å². The number of alkyl halides is 1. The number of benzene rings is 2. The summed E-state index contributed by atoms with van der Waals surface area (Å²) in [6, 6.07) is 18.9.